The van der Waals surface area contributed by atoms with Gasteiger partial charge in [-0.3, -0.25) is 0 Å². The smallest absolute Gasteiger partial charge is 0.149 e. The van der Waals surface area contributed by atoms with E-state index in [-0.39, 0.29) is 6.04 Å². The first-order valence-corrected chi connectivity index (χ1v) is 6.13. The summed E-state index contributed by atoms with van der Waals surface area (Å²) in [6, 6.07) is 6.12. The van der Waals surface area contributed by atoms with E-state index in [1.54, 1.807) is 11.3 Å². The van der Waals surface area contributed by atoms with E-state index in [9.17, 15) is 0 Å². The molecule has 0 aliphatic rings. The van der Waals surface area contributed by atoms with Gasteiger partial charge in [0.2, 0.25) is 0 Å². The van der Waals surface area contributed by atoms with Crippen LogP contribution in [0.3, 0.4) is 0 Å². The second-order valence-corrected chi connectivity index (χ2v) is 4.59. The largest absolute Gasteiger partial charge is 0.396 e. The monoisotopic (exact) mass is 233 g/mol. The Morgan fingerprint density at radius 2 is 2.19 bits per heavy atom. The lowest BCUT2D eigenvalue weighted by molar-refractivity contribution is 0.879. The Morgan fingerprint density at radius 3 is 2.88 bits per heavy atom. The summed E-state index contributed by atoms with van der Waals surface area (Å²) in [5.41, 5.74) is 8.78. The van der Waals surface area contributed by atoms with Gasteiger partial charge in [0.05, 0.1) is 11.7 Å². The van der Waals surface area contributed by atoms with Crippen LogP contribution in [-0.4, -0.2) is 4.98 Å². The highest BCUT2D eigenvalue weighted by Crippen LogP contribution is 2.23. The maximum Gasteiger partial charge on any atom is 0.149 e. The van der Waals surface area contributed by atoms with Crippen LogP contribution in [0.15, 0.2) is 29.0 Å². The number of aromatic nitrogens is 1. The summed E-state index contributed by atoms with van der Waals surface area (Å²) in [7, 11) is 0. The van der Waals surface area contributed by atoms with Crippen LogP contribution in [0.5, 0.6) is 0 Å². The van der Waals surface area contributed by atoms with Crippen LogP contribution >= 0.6 is 11.3 Å². The van der Waals surface area contributed by atoms with Gasteiger partial charge in [-0.05, 0) is 48.4 Å². The molecule has 4 heteroatoms. The van der Waals surface area contributed by atoms with Crippen LogP contribution in [0, 0.1) is 6.92 Å². The molecule has 3 nitrogen and oxygen atoms in total. The Hall–Kier alpha value is -1.55. The van der Waals surface area contributed by atoms with Crippen LogP contribution in [0.4, 0.5) is 11.5 Å². The lowest BCUT2D eigenvalue weighted by Gasteiger charge is -2.15. The Morgan fingerprint density at radius 1 is 1.38 bits per heavy atom. The van der Waals surface area contributed by atoms with E-state index in [0.29, 0.717) is 5.69 Å². The molecule has 1 atom stereocenters. The number of nitrogens with two attached hydrogens (primary N) is 1. The number of hydrogen-bond donors (Lipinski definition) is 2. The fraction of sp³-hybridized carbons (Fsp3) is 0.250. The third-order valence-electron chi connectivity index (χ3n) is 2.46. The maximum atomic E-state index is 5.87. The highest BCUT2D eigenvalue weighted by atomic mass is 32.1. The van der Waals surface area contributed by atoms with Crippen molar-refractivity contribution in [1.29, 1.82) is 0 Å². The Kier molecular flexibility index (Phi) is 3.10. The number of anilines is 2. The first-order chi connectivity index (χ1) is 7.66. The van der Waals surface area contributed by atoms with E-state index < -0.39 is 0 Å². The molecule has 0 bridgehead atoms. The zero-order chi connectivity index (χ0) is 11.5. The van der Waals surface area contributed by atoms with Crippen molar-refractivity contribution in [3.05, 3.63) is 40.2 Å². The molecule has 0 saturated heterocycles. The Bertz CT molecular complexity index is 465. The van der Waals surface area contributed by atoms with E-state index in [4.69, 9.17) is 5.73 Å². The van der Waals surface area contributed by atoms with Crippen molar-refractivity contribution in [2.24, 2.45) is 0 Å². The number of thiophene rings is 1. The van der Waals surface area contributed by atoms with Crippen molar-refractivity contribution >= 4 is 22.8 Å². The van der Waals surface area contributed by atoms with Gasteiger partial charge in [-0.1, -0.05) is 0 Å². The topological polar surface area (TPSA) is 50.9 Å². The van der Waals surface area contributed by atoms with Gasteiger partial charge in [0.1, 0.15) is 5.82 Å². The fourth-order valence-corrected chi connectivity index (χ4v) is 2.25. The van der Waals surface area contributed by atoms with Crippen molar-refractivity contribution < 1.29 is 0 Å². The predicted molar refractivity (Wildman–Crippen MR) is 69.7 cm³/mol. The summed E-state index contributed by atoms with van der Waals surface area (Å²) in [6.45, 7) is 4.06. The molecule has 0 aliphatic carbocycles. The summed E-state index contributed by atoms with van der Waals surface area (Å²) in [6.07, 6.45) is 0. The minimum absolute atomic E-state index is 0.225. The molecule has 1 unspecified atom stereocenters. The molecule has 0 aliphatic heterocycles. The molecule has 2 aromatic rings. The molecule has 16 heavy (non-hydrogen) atoms. The standard InChI is InChI=1S/C12H15N3S/c1-8-3-4-11(13)12(14-8)15-9(2)10-5-6-16-7-10/h3-7,9H,13H2,1-2H3,(H,14,15). The van der Waals surface area contributed by atoms with Crippen LogP contribution in [0.1, 0.15) is 24.2 Å². The summed E-state index contributed by atoms with van der Waals surface area (Å²) >= 11 is 1.69. The SMILES string of the molecule is Cc1ccc(N)c(NC(C)c2ccsc2)n1. The summed E-state index contributed by atoms with van der Waals surface area (Å²) in [5, 5.41) is 7.52. The maximum absolute atomic E-state index is 5.87. The van der Waals surface area contributed by atoms with Gasteiger partial charge in [0, 0.05) is 5.69 Å². The van der Waals surface area contributed by atoms with Crippen molar-refractivity contribution in [2.75, 3.05) is 11.1 Å². The number of nitrogen functional groups attached to an aromatic ring is 1. The minimum atomic E-state index is 0.225. The highest BCUT2D eigenvalue weighted by molar-refractivity contribution is 7.07. The van der Waals surface area contributed by atoms with E-state index in [1.165, 1.54) is 5.56 Å². The summed E-state index contributed by atoms with van der Waals surface area (Å²) < 4.78 is 0. The van der Waals surface area contributed by atoms with Crippen LogP contribution in [0.25, 0.3) is 0 Å². The highest BCUT2D eigenvalue weighted by Gasteiger charge is 2.08. The third kappa shape index (κ3) is 2.33. The van der Waals surface area contributed by atoms with Crippen molar-refractivity contribution in [3.63, 3.8) is 0 Å². The number of hydrogen-bond acceptors (Lipinski definition) is 4. The lowest BCUT2D eigenvalue weighted by Crippen LogP contribution is -2.09. The molecule has 2 aromatic heterocycles. The molecule has 0 radical (unpaired) electrons. The van der Waals surface area contributed by atoms with Gasteiger partial charge >= 0.3 is 0 Å². The van der Waals surface area contributed by atoms with E-state index in [2.05, 4.69) is 34.1 Å². The molecule has 84 valence electrons. The average molecular weight is 233 g/mol. The van der Waals surface area contributed by atoms with Crippen molar-refractivity contribution in [3.8, 4) is 0 Å². The molecule has 2 rings (SSSR count). The second kappa shape index (κ2) is 4.53. The molecular formula is C12H15N3S. The van der Waals surface area contributed by atoms with Gasteiger partial charge in [-0.2, -0.15) is 11.3 Å². The third-order valence-corrected chi connectivity index (χ3v) is 3.16. The molecule has 3 N–H and O–H groups in total. The zero-order valence-corrected chi connectivity index (χ0v) is 10.2. The number of nitrogens with zero attached hydrogens (tertiary/aromatic N) is 1. The van der Waals surface area contributed by atoms with E-state index in [0.717, 1.165) is 11.5 Å². The van der Waals surface area contributed by atoms with E-state index in [1.807, 2.05) is 19.1 Å². The number of pyridine rings is 1. The Labute approximate surface area is 99.3 Å². The van der Waals surface area contributed by atoms with E-state index >= 15 is 0 Å². The molecule has 0 amide bonds. The van der Waals surface area contributed by atoms with Gasteiger partial charge in [0.25, 0.3) is 0 Å². The average Bonchev–Trinajstić information content (AvgIpc) is 2.76. The van der Waals surface area contributed by atoms with Gasteiger partial charge in [-0.25, -0.2) is 4.98 Å². The number of nitrogens with one attached hydrogen (secondary N) is 1. The van der Waals surface area contributed by atoms with Crippen LogP contribution in [-0.2, 0) is 0 Å². The van der Waals surface area contributed by atoms with Gasteiger partial charge in [0.15, 0.2) is 0 Å². The molecule has 0 spiro atoms. The van der Waals surface area contributed by atoms with Crippen LogP contribution in [0.2, 0.25) is 0 Å². The van der Waals surface area contributed by atoms with Gasteiger partial charge < -0.3 is 11.1 Å². The van der Waals surface area contributed by atoms with Crippen molar-refractivity contribution in [2.45, 2.75) is 19.9 Å². The minimum Gasteiger partial charge on any atom is -0.396 e. The second-order valence-electron chi connectivity index (χ2n) is 3.81. The fourth-order valence-electron chi connectivity index (χ4n) is 1.49. The normalized spacial score (nSPS) is 12.4. The molecule has 0 saturated carbocycles. The molecule has 0 aromatic carbocycles. The first kappa shape index (κ1) is 11.0. The summed E-state index contributed by atoms with van der Waals surface area (Å²) in [4.78, 5) is 4.39. The quantitative estimate of drug-likeness (QED) is 0.856. The lowest BCUT2D eigenvalue weighted by atomic mass is 10.2. The number of rotatable bonds is 3. The summed E-state index contributed by atoms with van der Waals surface area (Å²) in [5.74, 6) is 0.763. The van der Waals surface area contributed by atoms with Crippen molar-refractivity contribution in [1.82, 2.24) is 4.98 Å². The molecular weight excluding hydrogens is 218 g/mol. The molecule has 2 heterocycles. The first-order valence-electron chi connectivity index (χ1n) is 5.18. The zero-order valence-electron chi connectivity index (χ0n) is 9.40. The molecule has 0 fully saturated rings. The number of aryl methyl sites for hydroxylation is 1. The Balaban J connectivity index is 2.17. The predicted octanol–water partition coefficient (Wildman–Crippen LogP) is 3.21. The van der Waals surface area contributed by atoms with Crippen LogP contribution < -0.4 is 11.1 Å². The van der Waals surface area contributed by atoms with Gasteiger partial charge in [-0.15, -0.1) is 0 Å².